The minimum Gasteiger partial charge on any atom is -0.330 e. The Morgan fingerprint density at radius 2 is 1.82 bits per heavy atom. The highest BCUT2D eigenvalue weighted by Crippen LogP contribution is 2.18. The summed E-state index contributed by atoms with van der Waals surface area (Å²) in [5.41, 5.74) is 6.09. The average Bonchev–Trinajstić information content (AvgIpc) is 2.29. The summed E-state index contributed by atoms with van der Waals surface area (Å²) in [6.07, 6.45) is 7.72. The van der Waals surface area contributed by atoms with E-state index in [1.54, 1.807) is 0 Å². The van der Waals surface area contributed by atoms with Gasteiger partial charge in [0.15, 0.2) is 0 Å². The summed E-state index contributed by atoms with van der Waals surface area (Å²) in [7, 11) is 0. The molecule has 0 fully saturated rings. The summed E-state index contributed by atoms with van der Waals surface area (Å²) in [5.74, 6) is 0.853. The van der Waals surface area contributed by atoms with Crippen LogP contribution in [-0.2, 0) is 0 Å². The number of nitrogens with one attached hydrogen (secondary N) is 1. The van der Waals surface area contributed by atoms with Crippen LogP contribution in [0.5, 0.6) is 0 Å². The third-order valence-corrected chi connectivity index (χ3v) is 3.80. The molecule has 0 aromatic rings. The van der Waals surface area contributed by atoms with Crippen molar-refractivity contribution in [3.8, 4) is 0 Å². The summed E-state index contributed by atoms with van der Waals surface area (Å²) in [6.45, 7) is 12.3. The Bertz CT molecular complexity index is 160. The molecule has 0 aliphatic heterocycles. The molecule has 0 aromatic heterocycles. The van der Waals surface area contributed by atoms with E-state index in [0.717, 1.165) is 25.6 Å². The van der Waals surface area contributed by atoms with Gasteiger partial charge in [-0.3, -0.25) is 0 Å². The number of hydrogen-bond acceptors (Lipinski definition) is 2. The van der Waals surface area contributed by atoms with E-state index in [0.29, 0.717) is 5.41 Å². The zero-order valence-electron chi connectivity index (χ0n) is 12.5. The van der Waals surface area contributed by atoms with Crippen molar-refractivity contribution in [2.24, 2.45) is 17.1 Å². The van der Waals surface area contributed by atoms with Gasteiger partial charge in [0.05, 0.1) is 0 Å². The van der Waals surface area contributed by atoms with E-state index in [1.165, 1.54) is 38.5 Å². The van der Waals surface area contributed by atoms with Gasteiger partial charge in [0, 0.05) is 6.54 Å². The van der Waals surface area contributed by atoms with Crippen molar-refractivity contribution < 1.29 is 0 Å². The molecule has 0 spiro atoms. The monoisotopic (exact) mass is 242 g/mol. The van der Waals surface area contributed by atoms with Crippen LogP contribution < -0.4 is 11.1 Å². The normalized spacial score (nSPS) is 13.9. The Kier molecular flexibility index (Phi) is 9.85. The predicted octanol–water partition coefficient (Wildman–Crippen LogP) is 3.56. The quantitative estimate of drug-likeness (QED) is 0.544. The number of rotatable bonds is 11. The maximum Gasteiger partial charge on any atom is 0.000241 e. The fourth-order valence-corrected chi connectivity index (χ4v) is 2.14. The van der Waals surface area contributed by atoms with Gasteiger partial charge >= 0.3 is 0 Å². The molecular formula is C15H34N2. The van der Waals surface area contributed by atoms with Crippen molar-refractivity contribution in [2.45, 2.75) is 66.2 Å². The topological polar surface area (TPSA) is 38.0 Å². The molecule has 1 atom stereocenters. The Balaban J connectivity index is 3.54. The van der Waals surface area contributed by atoms with Gasteiger partial charge in [-0.25, -0.2) is 0 Å². The first-order chi connectivity index (χ1) is 8.05. The van der Waals surface area contributed by atoms with Crippen molar-refractivity contribution in [3.63, 3.8) is 0 Å². The van der Waals surface area contributed by atoms with Gasteiger partial charge in [0.2, 0.25) is 0 Å². The average molecular weight is 242 g/mol. The predicted molar refractivity (Wildman–Crippen MR) is 78.2 cm³/mol. The van der Waals surface area contributed by atoms with Crippen molar-refractivity contribution in [3.05, 3.63) is 0 Å². The molecule has 0 aliphatic rings. The maximum atomic E-state index is 5.65. The molecule has 0 radical (unpaired) electrons. The third-order valence-electron chi connectivity index (χ3n) is 3.80. The Morgan fingerprint density at radius 1 is 1.12 bits per heavy atom. The first kappa shape index (κ1) is 16.9. The molecule has 0 heterocycles. The third kappa shape index (κ3) is 9.61. The highest BCUT2D eigenvalue weighted by atomic mass is 14.9. The molecule has 2 nitrogen and oxygen atoms in total. The lowest BCUT2D eigenvalue weighted by atomic mass is 9.90. The molecular weight excluding hydrogens is 208 g/mol. The molecule has 2 heteroatoms. The molecule has 0 bridgehead atoms. The minimum absolute atomic E-state index is 0.445. The fourth-order valence-electron chi connectivity index (χ4n) is 2.14. The zero-order valence-corrected chi connectivity index (χ0v) is 12.5. The van der Waals surface area contributed by atoms with Gasteiger partial charge in [-0.2, -0.15) is 0 Å². The Hall–Kier alpha value is -0.0800. The molecule has 0 rings (SSSR count). The summed E-state index contributed by atoms with van der Waals surface area (Å²) in [5, 5.41) is 3.58. The lowest BCUT2D eigenvalue weighted by Gasteiger charge is -2.23. The van der Waals surface area contributed by atoms with Crippen LogP contribution in [0.15, 0.2) is 0 Å². The molecule has 0 aliphatic carbocycles. The highest BCUT2D eigenvalue weighted by Gasteiger charge is 2.13. The van der Waals surface area contributed by atoms with Gasteiger partial charge in [-0.15, -0.1) is 0 Å². The largest absolute Gasteiger partial charge is 0.330 e. The van der Waals surface area contributed by atoms with Gasteiger partial charge in [0.1, 0.15) is 0 Å². The smallest absolute Gasteiger partial charge is 0.000241 e. The Morgan fingerprint density at radius 3 is 2.35 bits per heavy atom. The van der Waals surface area contributed by atoms with Crippen LogP contribution in [0.2, 0.25) is 0 Å². The van der Waals surface area contributed by atoms with E-state index in [-0.39, 0.29) is 0 Å². The SMILES string of the molecule is CCCC(CCN)CCCNCC(C)(C)CC. The summed E-state index contributed by atoms with van der Waals surface area (Å²) in [6, 6.07) is 0. The number of hydrogen-bond donors (Lipinski definition) is 2. The van der Waals surface area contributed by atoms with Crippen LogP contribution in [0.3, 0.4) is 0 Å². The number of nitrogens with two attached hydrogens (primary N) is 1. The summed E-state index contributed by atoms with van der Waals surface area (Å²) in [4.78, 5) is 0. The van der Waals surface area contributed by atoms with Gasteiger partial charge in [0.25, 0.3) is 0 Å². The lowest BCUT2D eigenvalue weighted by Crippen LogP contribution is -2.29. The fraction of sp³-hybridized carbons (Fsp3) is 1.00. The molecule has 0 saturated heterocycles. The van der Waals surface area contributed by atoms with E-state index in [2.05, 4.69) is 33.0 Å². The van der Waals surface area contributed by atoms with Crippen LogP contribution in [0.25, 0.3) is 0 Å². The van der Waals surface area contributed by atoms with Crippen molar-refractivity contribution in [1.29, 1.82) is 0 Å². The van der Waals surface area contributed by atoms with Crippen LogP contribution in [0.4, 0.5) is 0 Å². The van der Waals surface area contributed by atoms with E-state index in [9.17, 15) is 0 Å². The molecule has 3 N–H and O–H groups in total. The lowest BCUT2D eigenvalue weighted by molar-refractivity contribution is 0.322. The van der Waals surface area contributed by atoms with Crippen LogP contribution in [0, 0.1) is 11.3 Å². The molecule has 17 heavy (non-hydrogen) atoms. The van der Waals surface area contributed by atoms with E-state index >= 15 is 0 Å². The zero-order chi connectivity index (χ0) is 13.1. The second kappa shape index (κ2) is 9.90. The molecule has 0 aromatic carbocycles. The molecule has 1 unspecified atom stereocenters. The summed E-state index contributed by atoms with van der Waals surface area (Å²) < 4.78 is 0. The Labute approximate surface area is 109 Å². The first-order valence-electron chi connectivity index (χ1n) is 7.46. The molecule has 0 amide bonds. The molecule has 104 valence electrons. The van der Waals surface area contributed by atoms with Crippen LogP contribution >= 0.6 is 0 Å². The van der Waals surface area contributed by atoms with Crippen LogP contribution in [0.1, 0.15) is 66.2 Å². The highest BCUT2D eigenvalue weighted by molar-refractivity contribution is 4.69. The standard InChI is InChI=1S/C15H34N2/c1-5-8-14(10-11-16)9-7-12-17-13-15(3,4)6-2/h14,17H,5-13,16H2,1-4H3. The van der Waals surface area contributed by atoms with Crippen molar-refractivity contribution in [1.82, 2.24) is 5.32 Å². The van der Waals surface area contributed by atoms with Gasteiger partial charge < -0.3 is 11.1 Å². The molecule has 0 saturated carbocycles. The summed E-state index contributed by atoms with van der Waals surface area (Å²) >= 11 is 0. The van der Waals surface area contributed by atoms with E-state index in [4.69, 9.17) is 5.73 Å². The van der Waals surface area contributed by atoms with E-state index in [1.807, 2.05) is 0 Å². The van der Waals surface area contributed by atoms with E-state index < -0.39 is 0 Å². The van der Waals surface area contributed by atoms with Crippen LogP contribution in [-0.4, -0.2) is 19.6 Å². The van der Waals surface area contributed by atoms with Gasteiger partial charge in [-0.05, 0) is 50.1 Å². The maximum absolute atomic E-state index is 5.65. The van der Waals surface area contributed by atoms with Gasteiger partial charge in [-0.1, -0.05) is 40.5 Å². The second-order valence-electron chi connectivity index (χ2n) is 6.07. The minimum atomic E-state index is 0.445. The van der Waals surface area contributed by atoms with Crippen molar-refractivity contribution in [2.75, 3.05) is 19.6 Å². The van der Waals surface area contributed by atoms with Crippen molar-refractivity contribution >= 4 is 0 Å². The second-order valence-corrected chi connectivity index (χ2v) is 6.07. The first-order valence-corrected chi connectivity index (χ1v) is 7.46.